The van der Waals surface area contributed by atoms with Crippen molar-refractivity contribution in [2.45, 2.75) is 108 Å². The number of nitrogens with zero attached hydrogens (tertiary/aromatic N) is 1. The Morgan fingerprint density at radius 2 is 1.64 bits per heavy atom. The molecule has 3 aliphatic heterocycles. The van der Waals surface area contributed by atoms with Crippen LogP contribution in [-0.2, 0) is 31.1 Å². The van der Waals surface area contributed by atoms with Crippen LogP contribution in [0.1, 0.15) is 98.2 Å². The number of methoxy groups -OCH3 is 1. The molecular weight excluding hydrogens is 951 g/mol. The Bertz CT molecular complexity index is 3200. The van der Waals surface area contributed by atoms with Gasteiger partial charge in [0.1, 0.15) is 28.3 Å². The molecule has 5 heterocycles. The molecule has 5 aromatic carbocycles. The highest BCUT2D eigenvalue weighted by Gasteiger charge is 2.51. The first-order chi connectivity index (χ1) is 37.2. The Labute approximate surface area is 446 Å². The summed E-state index contributed by atoms with van der Waals surface area (Å²) >= 11 is 0. The van der Waals surface area contributed by atoms with E-state index in [0.717, 1.165) is 61.2 Å². The molecule has 76 heavy (non-hydrogen) atoms. The standard InChI is InChI=1S/C65H73N3O8/c1-3-50-38-54-48-13-9-12-44(37-48)17-25-53-59-58(55(72)39-56(76-59)47-18-23-51(70)24-19-47)61(74-35-26-52(71)22-16-43-10-5-4-6-11-43)62(73-2)60(53)75-42-46(41-69)36-45-14-20-49(21-15-45)65(31-29-64(30-32-65)27-7-8-28-64)57-40-66-33-34-68(57)63(54)67-50/h4-6,9-16,18-24,37-39,46,52,57,66-67,69-71H,3,7-8,17,25-36,40-42H2,1-2H3/b22-16+/t46-,52+,57+/m1/s1. The molecule has 2 saturated carbocycles. The second-order valence-electron chi connectivity index (χ2n) is 22.0. The highest BCUT2D eigenvalue weighted by molar-refractivity contribution is 5.93. The third-order valence-electron chi connectivity index (χ3n) is 17.4. The first-order valence-corrected chi connectivity index (χ1v) is 27.8. The van der Waals surface area contributed by atoms with Gasteiger partial charge in [-0.15, -0.1) is 0 Å². The van der Waals surface area contributed by atoms with E-state index in [1.807, 2.05) is 36.4 Å². The van der Waals surface area contributed by atoms with Gasteiger partial charge in [-0.1, -0.05) is 111 Å². The quantitative estimate of drug-likeness (QED) is 0.0896. The van der Waals surface area contributed by atoms with E-state index in [1.165, 1.54) is 67.2 Å². The molecule has 3 fully saturated rings. The molecule has 2 aromatic heterocycles. The van der Waals surface area contributed by atoms with Crippen LogP contribution in [0.3, 0.4) is 0 Å². The number of phenols is 1. The predicted octanol–water partition coefficient (Wildman–Crippen LogP) is 11.8. The molecule has 11 heteroatoms. The van der Waals surface area contributed by atoms with Crippen LogP contribution in [0.4, 0.5) is 5.82 Å². The number of aliphatic hydroxyl groups excluding tert-OH is 2. The van der Waals surface area contributed by atoms with Gasteiger partial charge < -0.3 is 49.1 Å². The van der Waals surface area contributed by atoms with Gasteiger partial charge in [-0.05, 0) is 128 Å². The Hall–Kier alpha value is -6.79. The maximum atomic E-state index is 14.7. The van der Waals surface area contributed by atoms with Gasteiger partial charge in [0.05, 0.1) is 32.5 Å². The van der Waals surface area contributed by atoms with E-state index in [2.05, 4.69) is 76.7 Å². The SMILES string of the molecule is CCc1cc2c([nH]1)N1CCNC[C@H]1C1(CCC3(CCCC3)CC1)c1ccc(cc1)C[C@H](CO)COc1c(OC)c(OCC[C@@H](O)/C=C/c3ccccc3)c3c(=O)cc(-c4ccc(O)cc4)oc3c1CCc1cccc-2c1. The lowest BCUT2D eigenvalue weighted by molar-refractivity contribution is 0.107. The molecule has 1 saturated heterocycles. The van der Waals surface area contributed by atoms with Gasteiger partial charge in [-0.25, -0.2) is 0 Å². The van der Waals surface area contributed by atoms with Gasteiger partial charge in [0.15, 0.2) is 16.9 Å². The summed E-state index contributed by atoms with van der Waals surface area (Å²) in [5, 5.41) is 36.5. The number of benzene rings is 5. The van der Waals surface area contributed by atoms with Crippen molar-refractivity contribution in [3.8, 4) is 45.4 Å². The lowest BCUT2D eigenvalue weighted by Gasteiger charge is -2.54. The molecule has 4 bridgehead atoms. The summed E-state index contributed by atoms with van der Waals surface area (Å²) in [5.41, 5.74) is 9.70. The normalized spacial score (nSPS) is 19.8. The number of hydrogen-bond donors (Lipinski definition) is 5. The van der Waals surface area contributed by atoms with Gasteiger partial charge in [-0.3, -0.25) is 4.79 Å². The minimum absolute atomic E-state index is 0.0451. The minimum Gasteiger partial charge on any atom is -0.508 e. The van der Waals surface area contributed by atoms with Crippen LogP contribution in [0.5, 0.6) is 23.0 Å². The topological polar surface area (TPSA) is 150 Å². The lowest BCUT2D eigenvalue weighted by Crippen LogP contribution is -2.62. The molecule has 5 N–H and O–H groups in total. The van der Waals surface area contributed by atoms with Crippen LogP contribution in [-0.4, -0.2) is 79.0 Å². The number of aromatic hydroxyl groups is 1. The number of aliphatic hydroxyl groups is 2. The Balaban J connectivity index is 1.04. The Morgan fingerprint density at radius 1 is 0.855 bits per heavy atom. The van der Waals surface area contributed by atoms with Crippen LogP contribution < -0.4 is 29.9 Å². The molecule has 7 aromatic rings. The average Bonchev–Trinajstić information content (AvgIpc) is 4.18. The van der Waals surface area contributed by atoms with Crippen LogP contribution in [0.25, 0.3) is 39.5 Å². The largest absolute Gasteiger partial charge is 0.508 e. The number of hydrogen-bond acceptors (Lipinski definition) is 10. The van der Waals surface area contributed by atoms with Crippen molar-refractivity contribution < 1.29 is 33.9 Å². The van der Waals surface area contributed by atoms with E-state index in [4.69, 9.17) is 18.6 Å². The first kappa shape index (κ1) is 51.3. The molecule has 3 atom stereocenters. The van der Waals surface area contributed by atoms with Gasteiger partial charge in [0.2, 0.25) is 5.75 Å². The van der Waals surface area contributed by atoms with Crippen molar-refractivity contribution >= 4 is 22.9 Å². The number of rotatable bonds is 10. The fourth-order valence-corrected chi connectivity index (χ4v) is 13.1. The van der Waals surface area contributed by atoms with Crippen molar-refractivity contribution in [1.29, 1.82) is 0 Å². The highest BCUT2D eigenvalue weighted by atomic mass is 16.5. The highest BCUT2D eigenvalue weighted by Crippen LogP contribution is 2.57. The van der Waals surface area contributed by atoms with Crippen LogP contribution in [0.15, 0.2) is 131 Å². The number of aromatic amines is 1. The van der Waals surface area contributed by atoms with Crippen molar-refractivity contribution in [3.05, 3.63) is 165 Å². The zero-order valence-corrected chi connectivity index (χ0v) is 44.1. The number of ether oxygens (including phenoxy) is 3. The molecule has 11 nitrogen and oxygen atoms in total. The summed E-state index contributed by atoms with van der Waals surface area (Å²) < 4.78 is 26.7. The van der Waals surface area contributed by atoms with E-state index in [-0.39, 0.29) is 71.7 Å². The van der Waals surface area contributed by atoms with Crippen molar-refractivity contribution in [2.24, 2.45) is 11.3 Å². The number of aryl methyl sites for hydroxylation is 3. The van der Waals surface area contributed by atoms with Crippen molar-refractivity contribution in [2.75, 3.05) is 51.5 Å². The number of anilines is 1. The number of H-pyrrole nitrogens is 1. The summed E-state index contributed by atoms with van der Waals surface area (Å²) in [6, 6.07) is 38.5. The van der Waals surface area contributed by atoms with Gasteiger partial charge in [0, 0.05) is 72.4 Å². The number of phenolic OH excluding ortho intramolecular Hbond substituents is 1. The van der Waals surface area contributed by atoms with Crippen LogP contribution in [0, 0.1) is 11.3 Å². The molecule has 5 aliphatic rings. The molecule has 0 unspecified atom stereocenters. The number of nitrogens with one attached hydrogen (secondary N) is 2. The number of aromatic nitrogens is 1. The van der Waals surface area contributed by atoms with Gasteiger partial charge in [-0.2, -0.15) is 0 Å². The second-order valence-corrected chi connectivity index (χ2v) is 22.0. The fraction of sp³-hybridized carbons (Fsp3) is 0.400. The van der Waals surface area contributed by atoms with Gasteiger partial charge in [0.25, 0.3) is 0 Å². The summed E-state index contributed by atoms with van der Waals surface area (Å²) in [6.45, 7) is 4.98. The summed E-state index contributed by atoms with van der Waals surface area (Å²) in [6.07, 6.45) is 15.6. The smallest absolute Gasteiger partial charge is 0.204 e. The molecule has 2 spiro atoms. The number of fused-ring (bicyclic) bond motifs is 7. The van der Waals surface area contributed by atoms with Gasteiger partial charge >= 0.3 is 0 Å². The molecule has 396 valence electrons. The third-order valence-corrected chi connectivity index (χ3v) is 17.4. The Kier molecular flexibility index (Phi) is 15.1. The molecule has 0 radical (unpaired) electrons. The lowest BCUT2D eigenvalue weighted by atomic mass is 9.57. The minimum atomic E-state index is -0.833. The predicted molar refractivity (Wildman–Crippen MR) is 302 cm³/mol. The van der Waals surface area contributed by atoms with E-state index < -0.39 is 6.10 Å². The molecule has 12 rings (SSSR count). The Morgan fingerprint density at radius 3 is 2.39 bits per heavy atom. The molecule has 0 amide bonds. The second kappa shape index (κ2) is 22.4. The fourth-order valence-electron chi connectivity index (χ4n) is 13.1. The average molecular weight is 1020 g/mol. The van der Waals surface area contributed by atoms with Crippen molar-refractivity contribution in [3.63, 3.8) is 0 Å². The zero-order valence-electron chi connectivity index (χ0n) is 44.1. The monoisotopic (exact) mass is 1020 g/mol. The third kappa shape index (κ3) is 10.4. The van der Waals surface area contributed by atoms with E-state index in [1.54, 1.807) is 37.5 Å². The molecular formula is C65H73N3O8. The van der Waals surface area contributed by atoms with E-state index in [9.17, 15) is 20.1 Å². The maximum Gasteiger partial charge on any atom is 0.204 e. The summed E-state index contributed by atoms with van der Waals surface area (Å²) in [7, 11) is 1.54. The van der Waals surface area contributed by atoms with Crippen LogP contribution >= 0.6 is 0 Å². The first-order valence-electron chi connectivity index (χ1n) is 27.8. The maximum absolute atomic E-state index is 14.7. The van der Waals surface area contributed by atoms with Crippen LogP contribution in [0.2, 0.25) is 0 Å². The summed E-state index contributed by atoms with van der Waals surface area (Å²) in [5.74, 6) is 2.05. The number of piperazine rings is 1. The van der Waals surface area contributed by atoms with E-state index in [0.29, 0.717) is 52.9 Å². The summed E-state index contributed by atoms with van der Waals surface area (Å²) in [4.78, 5) is 21.4. The zero-order chi connectivity index (χ0) is 52.2. The van der Waals surface area contributed by atoms with E-state index >= 15 is 0 Å². The molecule has 2 aliphatic carbocycles. The van der Waals surface area contributed by atoms with Crippen molar-refractivity contribution in [1.82, 2.24) is 10.3 Å².